The molecular weight excluding hydrogens is 394 g/mol. The highest BCUT2D eigenvalue weighted by Gasteiger charge is 2.36. The number of hydrogen-bond acceptors (Lipinski definition) is 5. The first-order valence-electron chi connectivity index (χ1n) is 10.3. The molecule has 0 unspecified atom stereocenters. The van der Waals surface area contributed by atoms with Crippen molar-refractivity contribution < 1.29 is 23.9 Å². The fourth-order valence-electron chi connectivity index (χ4n) is 3.90. The second-order valence-corrected chi connectivity index (χ2v) is 7.56. The number of aryl methyl sites for hydroxylation is 1. The molecule has 0 aliphatic carbocycles. The topological polar surface area (TPSA) is 72.9 Å². The molecule has 0 aromatic heterocycles. The number of ether oxygens (including phenoxy) is 2. The first kappa shape index (κ1) is 22.3. The summed E-state index contributed by atoms with van der Waals surface area (Å²) in [6.45, 7) is 6.10. The van der Waals surface area contributed by atoms with E-state index in [1.54, 1.807) is 43.0 Å². The van der Waals surface area contributed by atoms with Gasteiger partial charge in [0.1, 0.15) is 0 Å². The Balaban J connectivity index is 1.96. The van der Waals surface area contributed by atoms with Crippen LogP contribution in [0, 0.1) is 6.92 Å². The molecule has 0 bridgehead atoms. The minimum Gasteiger partial charge on any atom is -0.465 e. The van der Waals surface area contributed by atoms with Gasteiger partial charge in [0, 0.05) is 18.0 Å². The lowest BCUT2D eigenvalue weighted by molar-refractivity contribution is -0.140. The minimum atomic E-state index is -0.415. The number of methoxy groups -OCH3 is 1. The molecule has 1 aliphatic rings. The molecule has 0 saturated carbocycles. The average Bonchev–Trinajstić information content (AvgIpc) is 2.76. The summed E-state index contributed by atoms with van der Waals surface area (Å²) in [5, 5.41) is 0. The summed E-state index contributed by atoms with van der Waals surface area (Å²) in [6.07, 6.45) is 0.190. The molecule has 3 rings (SSSR count). The van der Waals surface area contributed by atoms with Crippen molar-refractivity contribution in [2.45, 2.75) is 39.7 Å². The molecule has 1 amide bonds. The van der Waals surface area contributed by atoms with Crippen LogP contribution in [0.3, 0.4) is 0 Å². The van der Waals surface area contributed by atoms with Gasteiger partial charge in [-0.2, -0.15) is 0 Å². The van der Waals surface area contributed by atoms with Gasteiger partial charge in [-0.15, -0.1) is 0 Å². The van der Waals surface area contributed by atoms with E-state index < -0.39 is 11.9 Å². The van der Waals surface area contributed by atoms with Gasteiger partial charge >= 0.3 is 11.9 Å². The van der Waals surface area contributed by atoms with Crippen LogP contribution in [-0.2, 0) is 25.6 Å². The van der Waals surface area contributed by atoms with Gasteiger partial charge in [0.15, 0.2) is 0 Å². The zero-order chi connectivity index (χ0) is 22.5. The van der Waals surface area contributed by atoms with Gasteiger partial charge in [0.2, 0.25) is 5.91 Å². The molecule has 2 aromatic carbocycles. The van der Waals surface area contributed by atoms with Crippen LogP contribution in [0.2, 0.25) is 0 Å². The van der Waals surface area contributed by atoms with Crippen LogP contribution in [0.1, 0.15) is 53.2 Å². The molecule has 31 heavy (non-hydrogen) atoms. The first-order valence-corrected chi connectivity index (χ1v) is 10.3. The van der Waals surface area contributed by atoms with E-state index in [4.69, 9.17) is 9.47 Å². The third-order valence-electron chi connectivity index (χ3n) is 5.48. The lowest BCUT2D eigenvalue weighted by Gasteiger charge is -2.34. The molecule has 2 aromatic rings. The van der Waals surface area contributed by atoms with Crippen molar-refractivity contribution in [3.05, 3.63) is 82.1 Å². The van der Waals surface area contributed by atoms with Crippen molar-refractivity contribution in [1.29, 1.82) is 0 Å². The molecular formula is C25H27NO5. The number of esters is 2. The normalized spacial score (nSPS) is 16.3. The van der Waals surface area contributed by atoms with E-state index in [1.807, 2.05) is 31.2 Å². The number of amides is 1. The van der Waals surface area contributed by atoms with E-state index in [0.717, 1.165) is 16.7 Å². The van der Waals surface area contributed by atoms with E-state index in [1.165, 1.54) is 7.11 Å². The molecule has 0 radical (unpaired) electrons. The molecule has 0 spiro atoms. The van der Waals surface area contributed by atoms with Crippen LogP contribution in [0.25, 0.3) is 0 Å². The van der Waals surface area contributed by atoms with Crippen molar-refractivity contribution in [3.8, 4) is 0 Å². The molecule has 6 nitrogen and oxygen atoms in total. The summed E-state index contributed by atoms with van der Waals surface area (Å²) in [5.74, 6) is -1.22. The number of hydrogen-bond donors (Lipinski definition) is 0. The maximum absolute atomic E-state index is 13.1. The fourth-order valence-corrected chi connectivity index (χ4v) is 3.90. The van der Waals surface area contributed by atoms with Crippen LogP contribution in [0.5, 0.6) is 0 Å². The Morgan fingerprint density at radius 2 is 1.77 bits per heavy atom. The number of carbonyl (C=O) groups excluding carboxylic acids is 3. The molecule has 1 heterocycles. The van der Waals surface area contributed by atoms with E-state index in [0.29, 0.717) is 23.4 Å². The standard InChI is InChI=1S/C25H27NO5/c1-5-31-25(29)23-17(3)26(15-18-9-11-19(12-10-18)24(28)30-4)22(27)14-21(23)20-8-6-7-16(2)13-20/h6-13,21H,5,14-15H2,1-4H3/t21-/m0/s1. The number of allylic oxidation sites excluding steroid dienone is 1. The van der Waals surface area contributed by atoms with Crippen molar-refractivity contribution >= 4 is 17.8 Å². The zero-order valence-corrected chi connectivity index (χ0v) is 18.3. The third kappa shape index (κ3) is 4.85. The third-order valence-corrected chi connectivity index (χ3v) is 5.48. The van der Waals surface area contributed by atoms with Crippen molar-refractivity contribution in [2.24, 2.45) is 0 Å². The van der Waals surface area contributed by atoms with Gasteiger partial charge in [-0.1, -0.05) is 42.0 Å². The maximum Gasteiger partial charge on any atom is 0.337 e. The fraction of sp³-hybridized carbons (Fsp3) is 0.320. The second kappa shape index (κ2) is 9.60. The summed E-state index contributed by atoms with van der Waals surface area (Å²) >= 11 is 0. The Kier molecular flexibility index (Phi) is 6.90. The molecule has 0 N–H and O–H groups in total. The Hall–Kier alpha value is -3.41. The van der Waals surface area contributed by atoms with Gasteiger partial charge in [-0.3, -0.25) is 4.79 Å². The van der Waals surface area contributed by atoms with Crippen LogP contribution < -0.4 is 0 Å². The molecule has 0 saturated heterocycles. The van der Waals surface area contributed by atoms with E-state index in [9.17, 15) is 14.4 Å². The Bertz CT molecular complexity index is 1020. The molecule has 1 atom stereocenters. The van der Waals surface area contributed by atoms with E-state index in [2.05, 4.69) is 0 Å². The van der Waals surface area contributed by atoms with Gasteiger partial charge < -0.3 is 14.4 Å². The van der Waals surface area contributed by atoms with Gasteiger partial charge in [-0.25, -0.2) is 9.59 Å². The number of nitrogens with zero attached hydrogens (tertiary/aromatic N) is 1. The largest absolute Gasteiger partial charge is 0.465 e. The Morgan fingerprint density at radius 1 is 1.06 bits per heavy atom. The van der Waals surface area contributed by atoms with Crippen LogP contribution in [-0.4, -0.2) is 36.5 Å². The maximum atomic E-state index is 13.1. The minimum absolute atomic E-state index is 0.0610. The number of carbonyl (C=O) groups is 3. The van der Waals surface area contributed by atoms with Crippen molar-refractivity contribution in [2.75, 3.05) is 13.7 Å². The number of benzene rings is 2. The average molecular weight is 421 g/mol. The van der Waals surface area contributed by atoms with Gasteiger partial charge in [0.05, 0.1) is 31.4 Å². The van der Waals surface area contributed by atoms with Crippen LogP contribution in [0.4, 0.5) is 0 Å². The predicted octanol–water partition coefficient (Wildman–Crippen LogP) is 4.13. The Morgan fingerprint density at radius 3 is 2.39 bits per heavy atom. The number of rotatable bonds is 6. The SMILES string of the molecule is CCOC(=O)C1=C(C)N(Cc2ccc(C(=O)OC)cc2)C(=O)C[C@H]1c1cccc(C)c1. The summed E-state index contributed by atoms with van der Waals surface area (Å²) < 4.78 is 10.1. The first-order chi connectivity index (χ1) is 14.8. The summed E-state index contributed by atoms with van der Waals surface area (Å²) in [5.41, 5.74) is 4.39. The highest BCUT2D eigenvalue weighted by atomic mass is 16.5. The molecule has 0 fully saturated rings. The molecule has 162 valence electrons. The summed E-state index contributed by atoms with van der Waals surface area (Å²) in [4.78, 5) is 39.2. The zero-order valence-electron chi connectivity index (χ0n) is 18.3. The quantitative estimate of drug-likeness (QED) is 0.656. The molecule has 6 heteroatoms. The summed E-state index contributed by atoms with van der Waals surface area (Å²) in [7, 11) is 1.33. The van der Waals surface area contributed by atoms with E-state index in [-0.39, 0.29) is 24.9 Å². The lowest BCUT2D eigenvalue weighted by atomic mass is 9.83. The van der Waals surface area contributed by atoms with Crippen molar-refractivity contribution in [1.82, 2.24) is 4.90 Å². The van der Waals surface area contributed by atoms with Gasteiger partial charge in [0.25, 0.3) is 0 Å². The van der Waals surface area contributed by atoms with E-state index >= 15 is 0 Å². The van der Waals surface area contributed by atoms with Crippen molar-refractivity contribution in [3.63, 3.8) is 0 Å². The predicted molar refractivity (Wildman–Crippen MR) is 116 cm³/mol. The summed E-state index contributed by atoms with van der Waals surface area (Å²) in [6, 6.07) is 14.8. The van der Waals surface area contributed by atoms with Gasteiger partial charge in [-0.05, 0) is 44.0 Å². The monoisotopic (exact) mass is 421 g/mol. The smallest absolute Gasteiger partial charge is 0.337 e. The Labute approximate surface area is 182 Å². The lowest BCUT2D eigenvalue weighted by Crippen LogP contribution is -2.38. The molecule has 1 aliphatic heterocycles. The second-order valence-electron chi connectivity index (χ2n) is 7.56. The highest BCUT2D eigenvalue weighted by molar-refractivity contribution is 5.96. The van der Waals surface area contributed by atoms with Crippen LogP contribution in [0.15, 0.2) is 59.8 Å². The highest BCUT2D eigenvalue weighted by Crippen LogP contribution is 2.38. The van der Waals surface area contributed by atoms with Crippen LogP contribution >= 0.6 is 0 Å².